The Balaban J connectivity index is 0.000000774. The molecule has 0 amide bonds. The number of aromatic nitrogens is 3. The molecule has 110 valence electrons. The highest BCUT2D eigenvalue weighted by molar-refractivity contribution is 7.98. The van der Waals surface area contributed by atoms with Gasteiger partial charge in [0.05, 0.1) is 6.20 Å². The van der Waals surface area contributed by atoms with Gasteiger partial charge in [0.1, 0.15) is 5.82 Å². The van der Waals surface area contributed by atoms with E-state index in [2.05, 4.69) is 45.9 Å². The molecule has 2 aromatic heterocycles. The number of fused-ring (bicyclic) bond motifs is 1. The Morgan fingerprint density at radius 3 is 2.48 bits per heavy atom. The maximum Gasteiger partial charge on any atom is 0.160 e. The van der Waals surface area contributed by atoms with Gasteiger partial charge < -0.3 is 5.32 Å². The van der Waals surface area contributed by atoms with Crippen LogP contribution in [0.2, 0.25) is 0 Å². The molecule has 5 heteroatoms. The minimum Gasteiger partial charge on any atom is -0.340 e. The first-order chi connectivity index (χ1) is 10.3. The number of aryl methyl sites for hydroxylation is 1. The largest absolute Gasteiger partial charge is 0.340 e. The first-order valence-electron chi connectivity index (χ1n) is 6.98. The molecule has 3 aromatic rings. The van der Waals surface area contributed by atoms with Crippen molar-refractivity contribution in [2.24, 2.45) is 0 Å². The van der Waals surface area contributed by atoms with Crippen molar-refractivity contribution >= 4 is 28.9 Å². The molecule has 21 heavy (non-hydrogen) atoms. The highest BCUT2D eigenvalue weighted by Gasteiger charge is 2.05. The zero-order valence-electron chi connectivity index (χ0n) is 12.8. The molecule has 1 N–H and O–H groups in total. The average Bonchev–Trinajstić information content (AvgIpc) is 2.93. The van der Waals surface area contributed by atoms with E-state index in [0.717, 1.165) is 22.7 Å². The van der Waals surface area contributed by atoms with Crippen molar-refractivity contribution in [3.05, 3.63) is 48.3 Å². The third-order valence-corrected chi connectivity index (χ3v) is 3.68. The lowest BCUT2D eigenvalue weighted by Crippen LogP contribution is -2.00. The smallest absolute Gasteiger partial charge is 0.160 e. The minimum absolute atomic E-state index is 0.880. The molecule has 0 unspecified atom stereocenters. The molecule has 0 atom stereocenters. The second-order valence-corrected chi connectivity index (χ2v) is 5.13. The average molecular weight is 300 g/mol. The fourth-order valence-corrected chi connectivity index (χ4v) is 2.33. The second-order valence-electron chi connectivity index (χ2n) is 4.25. The fourth-order valence-electron chi connectivity index (χ4n) is 1.92. The van der Waals surface area contributed by atoms with Gasteiger partial charge in [0.25, 0.3) is 0 Å². The summed E-state index contributed by atoms with van der Waals surface area (Å²) in [7, 11) is 0. The Bertz CT molecular complexity index is 704. The van der Waals surface area contributed by atoms with E-state index in [1.54, 1.807) is 18.0 Å². The maximum atomic E-state index is 4.34. The van der Waals surface area contributed by atoms with Gasteiger partial charge in [0.2, 0.25) is 0 Å². The molecule has 0 saturated carbocycles. The van der Waals surface area contributed by atoms with Crippen LogP contribution in [0, 0.1) is 6.92 Å². The van der Waals surface area contributed by atoms with Gasteiger partial charge in [0.15, 0.2) is 5.65 Å². The predicted octanol–water partition coefficient (Wildman–Crippen LogP) is 4.53. The molecule has 0 aliphatic carbocycles. The van der Waals surface area contributed by atoms with Gasteiger partial charge >= 0.3 is 0 Å². The monoisotopic (exact) mass is 300 g/mol. The van der Waals surface area contributed by atoms with Crippen LogP contribution in [-0.2, 0) is 0 Å². The molecule has 4 nitrogen and oxygen atoms in total. The number of thioether (sulfide) groups is 1. The van der Waals surface area contributed by atoms with Gasteiger partial charge in [-0.1, -0.05) is 13.8 Å². The van der Waals surface area contributed by atoms with Gasteiger partial charge in [-0.25, -0.2) is 4.98 Å². The quantitative estimate of drug-likeness (QED) is 0.722. The molecule has 0 aliphatic heterocycles. The van der Waals surface area contributed by atoms with Gasteiger partial charge in [0, 0.05) is 22.3 Å². The van der Waals surface area contributed by atoms with Gasteiger partial charge in [-0.3, -0.25) is 0 Å². The van der Waals surface area contributed by atoms with Crippen molar-refractivity contribution < 1.29 is 0 Å². The van der Waals surface area contributed by atoms with Crippen LogP contribution < -0.4 is 5.32 Å². The van der Waals surface area contributed by atoms with E-state index in [9.17, 15) is 0 Å². The van der Waals surface area contributed by atoms with Gasteiger partial charge in [-0.05, 0) is 43.5 Å². The highest BCUT2D eigenvalue weighted by atomic mass is 32.2. The molecule has 0 fully saturated rings. The number of benzene rings is 1. The summed E-state index contributed by atoms with van der Waals surface area (Å²) in [5.41, 5.74) is 2.99. The van der Waals surface area contributed by atoms with Crippen LogP contribution >= 0.6 is 11.8 Å². The van der Waals surface area contributed by atoms with Crippen molar-refractivity contribution in [3.63, 3.8) is 0 Å². The van der Waals surface area contributed by atoms with Crippen LogP contribution in [0.4, 0.5) is 11.5 Å². The van der Waals surface area contributed by atoms with Crippen molar-refractivity contribution in [3.8, 4) is 0 Å². The third-order valence-electron chi connectivity index (χ3n) is 2.94. The Kier molecular flexibility index (Phi) is 5.22. The summed E-state index contributed by atoms with van der Waals surface area (Å²) in [5, 5.41) is 7.70. The summed E-state index contributed by atoms with van der Waals surface area (Å²) >= 11 is 1.73. The number of hydrogen-bond donors (Lipinski definition) is 1. The van der Waals surface area contributed by atoms with Crippen molar-refractivity contribution in [1.29, 1.82) is 0 Å². The standard InChI is InChI=1S/C14H14N4S.C2H6/c1-10-9-16-18-13(7-8-15-14(10)18)17-11-3-5-12(19-2)6-4-11;1-2/h3-9,17H,1-2H3;1-2H3. The summed E-state index contributed by atoms with van der Waals surface area (Å²) in [5.74, 6) is 0.912. The van der Waals surface area contributed by atoms with E-state index in [1.807, 2.05) is 37.5 Å². The fraction of sp³-hybridized carbons (Fsp3) is 0.250. The second kappa shape index (κ2) is 7.13. The summed E-state index contributed by atoms with van der Waals surface area (Å²) in [4.78, 5) is 5.58. The lowest BCUT2D eigenvalue weighted by molar-refractivity contribution is 0.947. The lowest BCUT2D eigenvalue weighted by Gasteiger charge is -2.08. The Hall–Kier alpha value is -2.01. The van der Waals surface area contributed by atoms with E-state index >= 15 is 0 Å². The van der Waals surface area contributed by atoms with E-state index in [0.29, 0.717) is 0 Å². The van der Waals surface area contributed by atoms with Crippen molar-refractivity contribution in [1.82, 2.24) is 14.6 Å². The molecule has 0 bridgehead atoms. The van der Waals surface area contributed by atoms with Crippen LogP contribution in [0.25, 0.3) is 5.65 Å². The molecule has 0 aliphatic rings. The number of rotatable bonds is 3. The molecular weight excluding hydrogens is 280 g/mol. The van der Waals surface area contributed by atoms with E-state index in [-0.39, 0.29) is 0 Å². The number of nitrogens with one attached hydrogen (secondary N) is 1. The molecule has 2 heterocycles. The van der Waals surface area contributed by atoms with Crippen LogP contribution in [0.3, 0.4) is 0 Å². The van der Waals surface area contributed by atoms with Gasteiger partial charge in [-0.15, -0.1) is 11.8 Å². The lowest BCUT2D eigenvalue weighted by atomic mass is 10.3. The van der Waals surface area contributed by atoms with Gasteiger partial charge in [-0.2, -0.15) is 9.61 Å². The van der Waals surface area contributed by atoms with Crippen LogP contribution in [-0.4, -0.2) is 20.9 Å². The van der Waals surface area contributed by atoms with E-state index in [4.69, 9.17) is 0 Å². The zero-order valence-corrected chi connectivity index (χ0v) is 13.6. The summed E-state index contributed by atoms with van der Waals surface area (Å²) < 4.78 is 1.82. The molecular formula is C16H20N4S. The molecule has 3 rings (SSSR count). The van der Waals surface area contributed by atoms with Crippen LogP contribution in [0.1, 0.15) is 19.4 Å². The number of anilines is 2. The SMILES string of the molecule is CC.CSc1ccc(Nc2ccnc3c(C)cnn23)cc1. The first kappa shape index (κ1) is 15.4. The zero-order chi connectivity index (χ0) is 15.2. The third kappa shape index (κ3) is 3.36. The Morgan fingerprint density at radius 2 is 1.81 bits per heavy atom. The van der Waals surface area contributed by atoms with E-state index in [1.165, 1.54) is 4.90 Å². The molecule has 0 spiro atoms. The topological polar surface area (TPSA) is 42.2 Å². The Labute approximate surface area is 129 Å². The molecule has 0 radical (unpaired) electrons. The minimum atomic E-state index is 0.880. The van der Waals surface area contributed by atoms with Crippen molar-refractivity contribution in [2.75, 3.05) is 11.6 Å². The predicted molar refractivity (Wildman–Crippen MR) is 90.6 cm³/mol. The number of hydrogen-bond acceptors (Lipinski definition) is 4. The molecule has 1 aromatic carbocycles. The molecule has 0 saturated heterocycles. The van der Waals surface area contributed by atoms with E-state index < -0.39 is 0 Å². The normalized spacial score (nSPS) is 10.1. The van der Waals surface area contributed by atoms with Crippen LogP contribution in [0.5, 0.6) is 0 Å². The van der Waals surface area contributed by atoms with Crippen molar-refractivity contribution in [2.45, 2.75) is 25.7 Å². The highest BCUT2D eigenvalue weighted by Crippen LogP contribution is 2.21. The first-order valence-corrected chi connectivity index (χ1v) is 8.21. The Morgan fingerprint density at radius 1 is 1.10 bits per heavy atom. The summed E-state index contributed by atoms with van der Waals surface area (Å²) in [6, 6.07) is 10.2. The maximum absolute atomic E-state index is 4.34. The number of nitrogens with zero attached hydrogens (tertiary/aromatic N) is 3. The summed E-state index contributed by atoms with van der Waals surface area (Å²) in [6.07, 6.45) is 5.69. The van der Waals surface area contributed by atoms with Crippen LogP contribution in [0.15, 0.2) is 47.6 Å². The summed E-state index contributed by atoms with van der Waals surface area (Å²) in [6.45, 7) is 6.01.